The molecule has 220 valence electrons. The molecule has 0 aliphatic carbocycles. The fourth-order valence-corrected chi connectivity index (χ4v) is 6.65. The van der Waals surface area contributed by atoms with Gasteiger partial charge in [-0.05, 0) is 80.1 Å². The zero-order chi connectivity index (χ0) is 30.8. The fraction of sp³-hybridized carbons (Fsp3) is 0.0500. The van der Waals surface area contributed by atoms with Crippen LogP contribution in [0.4, 0.5) is 17.6 Å². The number of para-hydroxylation sites is 6. The number of H-pyrrole nitrogens is 1. The van der Waals surface area contributed by atoms with Crippen molar-refractivity contribution in [3.63, 3.8) is 0 Å². The minimum atomic E-state index is 0.706. The van der Waals surface area contributed by atoms with Crippen LogP contribution in [-0.2, 0) is 0 Å². The number of rotatable bonds is 5. The highest BCUT2D eigenvalue weighted by Crippen LogP contribution is 2.39. The van der Waals surface area contributed by atoms with Crippen molar-refractivity contribution in [3.8, 4) is 11.4 Å². The zero-order valence-electron chi connectivity index (χ0n) is 25.5. The number of aryl methyl sites for hydroxylation is 2. The normalized spacial score (nSPS) is 11.7. The zero-order valence-corrected chi connectivity index (χ0v) is 25.5. The second-order valence-electron chi connectivity index (χ2n) is 11.8. The summed E-state index contributed by atoms with van der Waals surface area (Å²) in [5.74, 6) is 1.46. The van der Waals surface area contributed by atoms with Gasteiger partial charge in [0.05, 0.1) is 44.5 Å². The molecule has 0 spiro atoms. The average Bonchev–Trinajstić information content (AvgIpc) is 3.78. The summed E-state index contributed by atoms with van der Waals surface area (Å²) in [7, 11) is 0. The van der Waals surface area contributed by atoms with E-state index in [1.165, 1.54) is 27.4 Å². The van der Waals surface area contributed by atoms with Crippen molar-refractivity contribution in [3.05, 3.63) is 151 Å². The highest BCUT2D eigenvalue weighted by atomic mass is 15.4. The molecule has 0 fully saturated rings. The summed E-state index contributed by atoms with van der Waals surface area (Å²) in [6.07, 6.45) is 0. The monoisotopic (exact) mass is 594 g/mol. The molecule has 0 bridgehead atoms. The van der Waals surface area contributed by atoms with Gasteiger partial charge in [0.2, 0.25) is 11.9 Å². The molecule has 0 aliphatic heterocycles. The van der Waals surface area contributed by atoms with Gasteiger partial charge in [0.15, 0.2) is 0 Å². The van der Waals surface area contributed by atoms with E-state index in [-0.39, 0.29) is 0 Å². The third-order valence-electron chi connectivity index (χ3n) is 8.90. The predicted octanol–water partition coefficient (Wildman–Crippen LogP) is 10.1. The molecule has 9 aromatic rings. The van der Waals surface area contributed by atoms with E-state index in [9.17, 15) is 0 Å². The molecule has 6 aromatic carbocycles. The van der Waals surface area contributed by atoms with Gasteiger partial charge in [-0.1, -0.05) is 84.4 Å². The molecular formula is C40H30N6. The molecule has 6 nitrogen and oxygen atoms in total. The van der Waals surface area contributed by atoms with Crippen molar-refractivity contribution in [2.24, 2.45) is 0 Å². The molecule has 9 rings (SSSR count). The average molecular weight is 595 g/mol. The molecule has 0 unspecified atom stereocenters. The number of nitrogens with zero attached hydrogens (tertiary/aromatic N) is 5. The lowest BCUT2D eigenvalue weighted by molar-refractivity contribution is 0.995. The maximum atomic E-state index is 5.29. The van der Waals surface area contributed by atoms with Crippen LogP contribution in [0.1, 0.15) is 11.1 Å². The molecule has 0 amide bonds. The van der Waals surface area contributed by atoms with E-state index < -0.39 is 0 Å². The molecule has 0 atom stereocenters. The van der Waals surface area contributed by atoms with Crippen LogP contribution in [0, 0.1) is 13.8 Å². The summed E-state index contributed by atoms with van der Waals surface area (Å²) in [4.78, 5) is 16.1. The fourth-order valence-electron chi connectivity index (χ4n) is 6.65. The van der Waals surface area contributed by atoms with Crippen molar-refractivity contribution in [2.45, 2.75) is 13.8 Å². The van der Waals surface area contributed by atoms with Crippen LogP contribution >= 0.6 is 0 Å². The Kier molecular flexibility index (Phi) is 5.83. The summed E-state index contributed by atoms with van der Waals surface area (Å²) in [5.41, 5.74) is 11.6. The van der Waals surface area contributed by atoms with Crippen LogP contribution in [0.25, 0.3) is 55.2 Å². The second-order valence-corrected chi connectivity index (χ2v) is 11.8. The van der Waals surface area contributed by atoms with Crippen molar-refractivity contribution < 1.29 is 0 Å². The standard InChI is InChI=1S/C40H30N6/c1-26-19-22-28(23-20-26)45(39-41-32-13-5-6-14-33(32)42-39)40-43-34-15-7-10-18-37(34)46(40)38-25-29(24-21-27(38)2)44-35-16-8-3-11-30(35)31-12-4-9-17-36(31)44/h3-25H,1-2H3,(H,41,42). The van der Waals surface area contributed by atoms with E-state index in [0.29, 0.717) is 5.95 Å². The number of nitrogens with one attached hydrogen (secondary N) is 1. The Morgan fingerprint density at radius 2 is 1.20 bits per heavy atom. The molecule has 0 saturated carbocycles. The highest BCUT2D eigenvalue weighted by Gasteiger charge is 2.25. The maximum Gasteiger partial charge on any atom is 0.222 e. The SMILES string of the molecule is Cc1ccc(N(c2nc3ccccc3[nH]2)c2nc3ccccc3n2-c2cc(-n3c4ccccc4c4ccccc43)ccc2C)cc1. The maximum absolute atomic E-state index is 5.29. The number of aromatic nitrogens is 5. The van der Waals surface area contributed by atoms with Crippen LogP contribution in [0.15, 0.2) is 140 Å². The number of imidazole rings is 2. The van der Waals surface area contributed by atoms with Gasteiger partial charge in [0, 0.05) is 16.5 Å². The molecule has 6 heteroatoms. The summed E-state index contributed by atoms with van der Waals surface area (Å²) < 4.78 is 4.64. The Morgan fingerprint density at radius 1 is 0.565 bits per heavy atom. The molecule has 0 radical (unpaired) electrons. The van der Waals surface area contributed by atoms with Crippen molar-refractivity contribution >= 4 is 61.5 Å². The number of hydrogen-bond donors (Lipinski definition) is 1. The van der Waals surface area contributed by atoms with Gasteiger partial charge >= 0.3 is 0 Å². The second kappa shape index (κ2) is 10.2. The summed E-state index contributed by atoms with van der Waals surface area (Å²) in [5, 5.41) is 2.48. The first-order valence-electron chi connectivity index (χ1n) is 15.5. The Morgan fingerprint density at radius 3 is 1.91 bits per heavy atom. The van der Waals surface area contributed by atoms with Gasteiger partial charge in [-0.15, -0.1) is 0 Å². The van der Waals surface area contributed by atoms with Crippen LogP contribution < -0.4 is 4.90 Å². The van der Waals surface area contributed by atoms with E-state index in [1.54, 1.807) is 0 Å². The van der Waals surface area contributed by atoms with Gasteiger partial charge < -0.3 is 9.55 Å². The lowest BCUT2D eigenvalue weighted by atomic mass is 10.1. The first-order valence-corrected chi connectivity index (χ1v) is 15.5. The first-order chi connectivity index (χ1) is 22.6. The quantitative estimate of drug-likeness (QED) is 0.216. The van der Waals surface area contributed by atoms with E-state index in [0.717, 1.165) is 50.6 Å². The smallest absolute Gasteiger partial charge is 0.222 e. The largest absolute Gasteiger partial charge is 0.323 e. The number of benzene rings is 6. The minimum Gasteiger partial charge on any atom is -0.323 e. The molecule has 3 heterocycles. The van der Waals surface area contributed by atoms with Crippen molar-refractivity contribution in [1.82, 2.24) is 24.1 Å². The molecule has 46 heavy (non-hydrogen) atoms. The lowest BCUT2D eigenvalue weighted by Gasteiger charge is -2.24. The van der Waals surface area contributed by atoms with Crippen LogP contribution in [0.3, 0.4) is 0 Å². The van der Waals surface area contributed by atoms with E-state index in [4.69, 9.17) is 9.97 Å². The Bertz CT molecular complexity index is 2480. The van der Waals surface area contributed by atoms with Crippen molar-refractivity contribution in [2.75, 3.05) is 4.90 Å². The Labute approximate surface area is 265 Å². The first kappa shape index (κ1) is 26.3. The van der Waals surface area contributed by atoms with E-state index in [1.807, 2.05) is 24.3 Å². The molecule has 1 N–H and O–H groups in total. The van der Waals surface area contributed by atoms with Gasteiger partial charge in [-0.3, -0.25) is 4.57 Å². The van der Waals surface area contributed by atoms with Crippen LogP contribution in [0.5, 0.6) is 0 Å². The number of fused-ring (bicyclic) bond motifs is 5. The van der Waals surface area contributed by atoms with Gasteiger partial charge in [-0.2, -0.15) is 0 Å². The van der Waals surface area contributed by atoms with Gasteiger partial charge in [0.25, 0.3) is 0 Å². The lowest BCUT2D eigenvalue weighted by Crippen LogP contribution is -2.17. The third-order valence-corrected chi connectivity index (χ3v) is 8.90. The summed E-state index contributed by atoms with van der Waals surface area (Å²) in [6, 6.07) is 49.0. The molecule has 3 aromatic heterocycles. The topological polar surface area (TPSA) is 54.7 Å². The predicted molar refractivity (Wildman–Crippen MR) is 189 cm³/mol. The Hall–Kier alpha value is -6.14. The van der Waals surface area contributed by atoms with Crippen LogP contribution in [0.2, 0.25) is 0 Å². The summed E-state index contributed by atoms with van der Waals surface area (Å²) >= 11 is 0. The Balaban J connectivity index is 1.33. The van der Waals surface area contributed by atoms with Gasteiger partial charge in [-0.25, -0.2) is 14.9 Å². The highest BCUT2D eigenvalue weighted by molar-refractivity contribution is 6.09. The summed E-state index contributed by atoms with van der Waals surface area (Å²) in [6.45, 7) is 4.27. The number of anilines is 3. The molecular weight excluding hydrogens is 564 g/mol. The van der Waals surface area contributed by atoms with Crippen molar-refractivity contribution in [1.29, 1.82) is 0 Å². The van der Waals surface area contributed by atoms with E-state index in [2.05, 4.69) is 148 Å². The van der Waals surface area contributed by atoms with E-state index >= 15 is 0 Å². The molecule has 0 aliphatic rings. The molecule has 0 saturated heterocycles. The third kappa shape index (κ3) is 4.04. The minimum absolute atomic E-state index is 0.706. The number of aromatic amines is 1. The number of hydrogen-bond acceptors (Lipinski definition) is 3. The van der Waals surface area contributed by atoms with Gasteiger partial charge in [0.1, 0.15) is 0 Å². The van der Waals surface area contributed by atoms with Crippen LogP contribution in [-0.4, -0.2) is 24.1 Å².